The molecule has 0 saturated carbocycles. The molecule has 1 aromatic rings. The predicted octanol–water partition coefficient (Wildman–Crippen LogP) is 1.92. The van der Waals surface area contributed by atoms with Gasteiger partial charge in [0.05, 0.1) is 19.3 Å². The smallest absolute Gasteiger partial charge is 0.303 e. The molecule has 5 nitrogen and oxygen atoms in total. The zero-order chi connectivity index (χ0) is 15.1. The number of carboxylic acid groups (broad SMARTS) is 1. The van der Waals surface area contributed by atoms with E-state index in [0.29, 0.717) is 12.5 Å². The van der Waals surface area contributed by atoms with Gasteiger partial charge in [-0.25, -0.2) is 0 Å². The van der Waals surface area contributed by atoms with Crippen molar-refractivity contribution in [2.75, 3.05) is 46.4 Å². The molecule has 0 amide bonds. The van der Waals surface area contributed by atoms with Crippen LogP contribution in [0.2, 0.25) is 0 Å². The third kappa shape index (κ3) is 5.39. The van der Waals surface area contributed by atoms with Gasteiger partial charge in [-0.3, -0.25) is 9.69 Å². The van der Waals surface area contributed by atoms with E-state index in [1.165, 1.54) is 4.88 Å². The van der Waals surface area contributed by atoms with Crippen LogP contribution in [0.4, 0.5) is 0 Å². The van der Waals surface area contributed by atoms with E-state index in [1.54, 1.807) is 11.3 Å². The molecule has 1 atom stereocenters. The lowest BCUT2D eigenvalue weighted by molar-refractivity contribution is -0.137. The number of hydrogen-bond donors (Lipinski definition) is 1. The lowest BCUT2D eigenvalue weighted by Crippen LogP contribution is -2.43. The van der Waals surface area contributed by atoms with Gasteiger partial charge in [0.15, 0.2) is 0 Å². The standard InChI is InChI=1S/C15H24N2O3S/c1-16(6-2-5-15(18)19)12-13(14-4-3-11-21-14)17-7-9-20-10-8-17/h3-4,11,13H,2,5-10,12H2,1H3,(H,18,19). The number of nitrogens with zero attached hydrogens (tertiary/aromatic N) is 2. The molecule has 1 aromatic heterocycles. The summed E-state index contributed by atoms with van der Waals surface area (Å²) in [6, 6.07) is 4.66. The molecule has 0 spiro atoms. The van der Waals surface area contributed by atoms with Crippen LogP contribution in [0, 0.1) is 0 Å². The fraction of sp³-hybridized carbons (Fsp3) is 0.667. The van der Waals surface area contributed by atoms with E-state index in [1.807, 2.05) is 0 Å². The SMILES string of the molecule is CN(CCCC(=O)O)CC(c1cccs1)N1CCOCC1. The van der Waals surface area contributed by atoms with Gasteiger partial charge in [-0.2, -0.15) is 0 Å². The van der Waals surface area contributed by atoms with Crippen molar-refractivity contribution in [3.63, 3.8) is 0 Å². The summed E-state index contributed by atoms with van der Waals surface area (Å²) in [6.07, 6.45) is 0.942. The monoisotopic (exact) mass is 312 g/mol. The summed E-state index contributed by atoms with van der Waals surface area (Å²) in [6.45, 7) is 5.27. The first-order valence-electron chi connectivity index (χ1n) is 7.42. The topological polar surface area (TPSA) is 53.0 Å². The van der Waals surface area contributed by atoms with E-state index < -0.39 is 5.97 Å². The average molecular weight is 312 g/mol. The molecule has 1 N–H and O–H groups in total. The lowest BCUT2D eigenvalue weighted by atomic mass is 10.1. The lowest BCUT2D eigenvalue weighted by Gasteiger charge is -2.36. The highest BCUT2D eigenvalue weighted by Crippen LogP contribution is 2.26. The van der Waals surface area contributed by atoms with Crippen LogP contribution in [0.25, 0.3) is 0 Å². The van der Waals surface area contributed by atoms with E-state index >= 15 is 0 Å². The summed E-state index contributed by atoms with van der Waals surface area (Å²) < 4.78 is 5.45. The van der Waals surface area contributed by atoms with Crippen molar-refractivity contribution >= 4 is 17.3 Å². The van der Waals surface area contributed by atoms with Gasteiger partial charge < -0.3 is 14.7 Å². The zero-order valence-electron chi connectivity index (χ0n) is 12.5. The minimum atomic E-state index is -0.716. The van der Waals surface area contributed by atoms with Crippen LogP contribution in [-0.4, -0.2) is 67.3 Å². The van der Waals surface area contributed by atoms with Crippen molar-refractivity contribution in [2.45, 2.75) is 18.9 Å². The largest absolute Gasteiger partial charge is 0.481 e. The van der Waals surface area contributed by atoms with Crippen molar-refractivity contribution in [1.82, 2.24) is 9.80 Å². The first-order chi connectivity index (χ1) is 10.2. The third-order valence-electron chi connectivity index (χ3n) is 3.77. The third-order valence-corrected chi connectivity index (χ3v) is 4.75. The van der Waals surface area contributed by atoms with Crippen molar-refractivity contribution in [3.8, 4) is 0 Å². The normalized spacial score (nSPS) is 18.0. The van der Waals surface area contributed by atoms with Crippen LogP contribution in [0.3, 0.4) is 0 Å². The van der Waals surface area contributed by atoms with Crippen LogP contribution in [-0.2, 0) is 9.53 Å². The minimum Gasteiger partial charge on any atom is -0.481 e. The Labute approximate surface area is 130 Å². The molecule has 6 heteroatoms. The molecule has 2 rings (SSSR count). The van der Waals surface area contributed by atoms with Gasteiger partial charge in [-0.15, -0.1) is 11.3 Å². The van der Waals surface area contributed by atoms with Crippen LogP contribution < -0.4 is 0 Å². The molecular formula is C15H24N2O3S. The van der Waals surface area contributed by atoms with Gasteiger partial charge in [-0.1, -0.05) is 6.07 Å². The second-order valence-corrected chi connectivity index (χ2v) is 6.42. The molecule has 1 aliphatic heterocycles. The van der Waals surface area contributed by atoms with E-state index in [2.05, 4.69) is 34.4 Å². The second kappa shape index (κ2) is 8.48. The molecule has 0 bridgehead atoms. The van der Waals surface area contributed by atoms with Crippen molar-refractivity contribution in [1.29, 1.82) is 0 Å². The summed E-state index contributed by atoms with van der Waals surface area (Å²) >= 11 is 1.79. The van der Waals surface area contributed by atoms with Crippen LogP contribution in [0.15, 0.2) is 17.5 Å². The van der Waals surface area contributed by atoms with Crippen LogP contribution in [0.5, 0.6) is 0 Å². The first kappa shape index (κ1) is 16.4. The van der Waals surface area contributed by atoms with E-state index in [9.17, 15) is 4.79 Å². The molecule has 1 saturated heterocycles. The molecule has 1 unspecified atom stereocenters. The molecule has 21 heavy (non-hydrogen) atoms. The number of hydrogen-bond acceptors (Lipinski definition) is 5. The first-order valence-corrected chi connectivity index (χ1v) is 8.30. The Bertz CT molecular complexity index is 419. The Kier molecular flexibility index (Phi) is 6.63. The van der Waals surface area contributed by atoms with Gasteiger partial charge in [0.2, 0.25) is 0 Å². The number of aliphatic carboxylic acids is 1. The maximum atomic E-state index is 10.6. The van der Waals surface area contributed by atoms with Gasteiger partial charge >= 0.3 is 5.97 Å². The summed E-state index contributed by atoms with van der Waals surface area (Å²) in [5.74, 6) is -0.716. The van der Waals surface area contributed by atoms with Gasteiger partial charge in [0, 0.05) is 30.9 Å². The number of rotatable bonds is 8. The summed E-state index contributed by atoms with van der Waals surface area (Å²) in [4.78, 5) is 16.7. The Morgan fingerprint density at radius 1 is 1.52 bits per heavy atom. The van der Waals surface area contributed by atoms with Gasteiger partial charge in [-0.05, 0) is 31.5 Å². The number of ether oxygens (including phenoxy) is 1. The number of likely N-dealkylation sites (N-methyl/N-ethyl adjacent to an activating group) is 1. The number of carbonyl (C=O) groups is 1. The highest BCUT2D eigenvalue weighted by atomic mass is 32.1. The van der Waals surface area contributed by atoms with E-state index in [0.717, 1.165) is 39.4 Å². The summed E-state index contributed by atoms with van der Waals surface area (Å²) in [5, 5.41) is 10.8. The maximum Gasteiger partial charge on any atom is 0.303 e. The molecule has 1 fully saturated rings. The molecule has 0 aliphatic carbocycles. The molecule has 0 radical (unpaired) electrons. The van der Waals surface area contributed by atoms with Crippen LogP contribution in [0.1, 0.15) is 23.8 Å². The average Bonchev–Trinajstić information content (AvgIpc) is 2.99. The van der Waals surface area contributed by atoms with Crippen molar-refractivity contribution in [3.05, 3.63) is 22.4 Å². The Morgan fingerprint density at radius 3 is 2.90 bits per heavy atom. The molecule has 0 aromatic carbocycles. The predicted molar refractivity (Wildman–Crippen MR) is 83.8 cm³/mol. The summed E-state index contributed by atoms with van der Waals surface area (Å²) in [7, 11) is 2.07. The molecule has 118 valence electrons. The van der Waals surface area contributed by atoms with Crippen molar-refractivity contribution in [2.24, 2.45) is 0 Å². The Balaban J connectivity index is 1.91. The molecule has 1 aliphatic rings. The minimum absolute atomic E-state index is 0.242. The molecule has 2 heterocycles. The molecular weight excluding hydrogens is 288 g/mol. The fourth-order valence-electron chi connectivity index (χ4n) is 2.64. The number of carboxylic acids is 1. The van der Waals surface area contributed by atoms with Crippen molar-refractivity contribution < 1.29 is 14.6 Å². The fourth-order valence-corrected chi connectivity index (χ4v) is 3.49. The zero-order valence-corrected chi connectivity index (χ0v) is 13.3. The number of morpholine rings is 1. The second-order valence-electron chi connectivity index (χ2n) is 5.44. The highest BCUT2D eigenvalue weighted by Gasteiger charge is 2.24. The Morgan fingerprint density at radius 2 is 2.29 bits per heavy atom. The Hall–Kier alpha value is -0.950. The van der Waals surface area contributed by atoms with Gasteiger partial charge in [0.1, 0.15) is 0 Å². The number of thiophene rings is 1. The van der Waals surface area contributed by atoms with Crippen LogP contribution >= 0.6 is 11.3 Å². The highest BCUT2D eigenvalue weighted by molar-refractivity contribution is 7.10. The van der Waals surface area contributed by atoms with Gasteiger partial charge in [0.25, 0.3) is 0 Å². The quantitative estimate of drug-likeness (QED) is 0.795. The van der Waals surface area contributed by atoms with E-state index in [-0.39, 0.29) is 6.42 Å². The maximum absolute atomic E-state index is 10.6. The summed E-state index contributed by atoms with van der Waals surface area (Å²) in [5.41, 5.74) is 0. The van der Waals surface area contributed by atoms with E-state index in [4.69, 9.17) is 9.84 Å².